The average molecular weight is 388 g/mol. The Balaban J connectivity index is 1.63. The molecule has 2 aromatic rings. The predicted molar refractivity (Wildman–Crippen MR) is 98.0 cm³/mol. The van der Waals surface area contributed by atoms with Gasteiger partial charge in [0.05, 0.1) is 6.61 Å². The lowest BCUT2D eigenvalue weighted by atomic mass is 9.98. The van der Waals surface area contributed by atoms with E-state index in [0.717, 1.165) is 11.1 Å². The maximum Gasteiger partial charge on any atom is 0.185 e. The van der Waals surface area contributed by atoms with Gasteiger partial charge in [-0.05, 0) is 0 Å². The summed E-state index contributed by atoms with van der Waals surface area (Å²) in [5, 5.41) is 20.4. The zero-order valence-electron chi connectivity index (χ0n) is 15.5. The van der Waals surface area contributed by atoms with E-state index in [4.69, 9.17) is 23.7 Å². The van der Waals surface area contributed by atoms with Crippen LogP contribution in [0.2, 0.25) is 0 Å². The minimum Gasteiger partial charge on any atom is -0.394 e. The monoisotopic (exact) mass is 388 g/mol. The number of ether oxygens (including phenoxy) is 5. The second-order valence-corrected chi connectivity index (χ2v) is 6.77. The van der Waals surface area contributed by atoms with Gasteiger partial charge < -0.3 is 33.9 Å². The Hall–Kier alpha value is -1.84. The van der Waals surface area contributed by atoms with Gasteiger partial charge >= 0.3 is 0 Å². The largest absolute Gasteiger partial charge is 0.394 e. The van der Waals surface area contributed by atoms with Gasteiger partial charge in [-0.15, -0.1) is 0 Å². The normalized spacial score (nSPS) is 33.8. The number of methoxy groups -OCH3 is 1. The fourth-order valence-electron chi connectivity index (χ4n) is 3.57. The molecular formula is C21H24O7. The molecule has 7 unspecified atom stereocenters. The quantitative estimate of drug-likeness (QED) is 0.757. The van der Waals surface area contributed by atoms with Gasteiger partial charge in [0.15, 0.2) is 18.9 Å². The van der Waals surface area contributed by atoms with Crippen LogP contribution in [0.5, 0.6) is 0 Å². The van der Waals surface area contributed by atoms with E-state index in [2.05, 4.69) is 0 Å². The summed E-state index contributed by atoms with van der Waals surface area (Å²) in [5.41, 5.74) is 1.59. The van der Waals surface area contributed by atoms with Gasteiger partial charge in [-0.3, -0.25) is 0 Å². The molecule has 0 aromatic heterocycles. The average Bonchev–Trinajstić information content (AvgIpc) is 2.78. The van der Waals surface area contributed by atoms with Crippen molar-refractivity contribution in [1.29, 1.82) is 0 Å². The Morgan fingerprint density at radius 3 is 1.89 bits per heavy atom. The first-order valence-electron chi connectivity index (χ1n) is 9.24. The van der Waals surface area contributed by atoms with Gasteiger partial charge in [-0.25, -0.2) is 0 Å². The summed E-state index contributed by atoms with van der Waals surface area (Å²) in [5.74, 6) is 0. The van der Waals surface area contributed by atoms with E-state index < -0.39 is 43.3 Å². The van der Waals surface area contributed by atoms with E-state index in [1.165, 1.54) is 7.11 Å². The summed E-state index contributed by atoms with van der Waals surface area (Å²) in [6, 6.07) is 18.8. The minimum absolute atomic E-state index is 0.259. The second-order valence-electron chi connectivity index (χ2n) is 6.77. The molecule has 7 atom stereocenters. The second kappa shape index (κ2) is 8.67. The van der Waals surface area contributed by atoms with Crippen molar-refractivity contribution >= 4 is 0 Å². The molecule has 2 aromatic carbocycles. The zero-order chi connectivity index (χ0) is 19.5. The van der Waals surface area contributed by atoms with Gasteiger partial charge in [-0.1, -0.05) is 60.7 Å². The van der Waals surface area contributed by atoms with Crippen molar-refractivity contribution in [3.63, 3.8) is 0 Å². The van der Waals surface area contributed by atoms with E-state index in [9.17, 15) is 10.2 Å². The lowest BCUT2D eigenvalue weighted by Gasteiger charge is -2.49. The number of hydrogen-bond donors (Lipinski definition) is 2. The summed E-state index contributed by atoms with van der Waals surface area (Å²) < 4.78 is 29.3. The molecule has 7 nitrogen and oxygen atoms in total. The summed E-state index contributed by atoms with van der Waals surface area (Å²) in [6.45, 7) is -0.259. The minimum atomic E-state index is -1.23. The van der Waals surface area contributed by atoms with Crippen molar-refractivity contribution in [2.75, 3.05) is 13.7 Å². The van der Waals surface area contributed by atoms with Crippen LogP contribution in [0.3, 0.4) is 0 Å². The van der Waals surface area contributed by atoms with Crippen LogP contribution in [0.1, 0.15) is 23.7 Å². The Morgan fingerprint density at radius 2 is 1.36 bits per heavy atom. The highest BCUT2D eigenvalue weighted by Gasteiger charge is 2.52. The molecule has 0 radical (unpaired) electrons. The van der Waals surface area contributed by atoms with Gasteiger partial charge in [0, 0.05) is 18.2 Å². The first-order chi connectivity index (χ1) is 13.7. The van der Waals surface area contributed by atoms with Crippen molar-refractivity contribution in [2.24, 2.45) is 0 Å². The van der Waals surface area contributed by atoms with Crippen LogP contribution in [-0.4, -0.2) is 54.6 Å². The number of fused-ring (bicyclic) bond motifs is 1. The number of hydrogen-bond acceptors (Lipinski definition) is 7. The van der Waals surface area contributed by atoms with Crippen LogP contribution in [0, 0.1) is 0 Å². The molecular weight excluding hydrogens is 364 g/mol. The maximum atomic E-state index is 10.4. The van der Waals surface area contributed by atoms with Crippen LogP contribution in [0.25, 0.3) is 0 Å². The van der Waals surface area contributed by atoms with Gasteiger partial charge in [-0.2, -0.15) is 0 Å². The molecule has 150 valence electrons. The molecule has 4 rings (SSSR count). The molecule has 2 fully saturated rings. The Bertz CT molecular complexity index is 733. The molecule has 7 heteroatoms. The molecule has 0 saturated carbocycles. The van der Waals surface area contributed by atoms with Crippen molar-refractivity contribution in [3.05, 3.63) is 71.8 Å². The third-order valence-corrected chi connectivity index (χ3v) is 5.00. The summed E-state index contributed by atoms with van der Waals surface area (Å²) in [4.78, 5) is 0. The Labute approximate surface area is 163 Å². The first kappa shape index (κ1) is 19.5. The van der Waals surface area contributed by atoms with Crippen LogP contribution >= 0.6 is 0 Å². The third kappa shape index (κ3) is 3.83. The van der Waals surface area contributed by atoms with Crippen LogP contribution < -0.4 is 0 Å². The topological polar surface area (TPSA) is 86.6 Å². The standard InChI is InChI=1S/C21H24O7/c1-24-19(23)18-17-16(26-21(28-18)14-10-6-3-7-11-14)15(12-22)25-20(27-17)13-8-4-2-5-9-13/h2-11,15-23H,12H2,1H3. The Kier molecular flexibility index (Phi) is 6.03. The fraction of sp³-hybridized carbons (Fsp3) is 0.429. The SMILES string of the molecule is COC(O)C1OC(c2ccccc2)OC2C(CO)OC(c3ccccc3)OC12. The highest BCUT2D eigenvalue weighted by atomic mass is 16.8. The molecule has 0 aliphatic carbocycles. The molecule has 0 bridgehead atoms. The molecule has 2 heterocycles. The van der Waals surface area contributed by atoms with E-state index in [0.29, 0.717) is 0 Å². The van der Waals surface area contributed by atoms with Crippen molar-refractivity contribution in [1.82, 2.24) is 0 Å². The number of aliphatic hydroxyl groups is 2. The van der Waals surface area contributed by atoms with E-state index in [-0.39, 0.29) is 6.61 Å². The van der Waals surface area contributed by atoms with Gasteiger partial charge in [0.25, 0.3) is 0 Å². The molecule has 2 aliphatic rings. The molecule has 0 amide bonds. The van der Waals surface area contributed by atoms with E-state index in [1.807, 2.05) is 60.7 Å². The van der Waals surface area contributed by atoms with Crippen LogP contribution in [0.15, 0.2) is 60.7 Å². The van der Waals surface area contributed by atoms with Gasteiger partial charge in [0.1, 0.15) is 24.4 Å². The predicted octanol–water partition coefficient (Wildman–Crippen LogP) is 1.91. The number of aliphatic hydroxyl groups excluding tert-OH is 2. The smallest absolute Gasteiger partial charge is 0.185 e. The highest BCUT2D eigenvalue weighted by molar-refractivity contribution is 5.18. The lowest BCUT2D eigenvalue weighted by molar-refractivity contribution is -0.403. The third-order valence-electron chi connectivity index (χ3n) is 5.00. The maximum absolute atomic E-state index is 10.4. The number of rotatable bonds is 5. The van der Waals surface area contributed by atoms with Crippen LogP contribution in [0.4, 0.5) is 0 Å². The van der Waals surface area contributed by atoms with Crippen molar-refractivity contribution in [3.8, 4) is 0 Å². The first-order valence-corrected chi connectivity index (χ1v) is 9.24. The van der Waals surface area contributed by atoms with E-state index in [1.54, 1.807) is 0 Å². The van der Waals surface area contributed by atoms with Crippen molar-refractivity contribution < 1.29 is 33.9 Å². The fourth-order valence-corrected chi connectivity index (χ4v) is 3.57. The summed E-state index contributed by atoms with van der Waals surface area (Å²) in [7, 11) is 1.40. The van der Waals surface area contributed by atoms with Crippen LogP contribution in [-0.2, 0) is 23.7 Å². The lowest BCUT2D eigenvalue weighted by Crippen LogP contribution is -2.61. The summed E-state index contributed by atoms with van der Waals surface area (Å²) in [6.07, 6.45) is -5.48. The molecule has 28 heavy (non-hydrogen) atoms. The van der Waals surface area contributed by atoms with Crippen molar-refractivity contribution in [2.45, 2.75) is 43.3 Å². The molecule has 0 spiro atoms. The Morgan fingerprint density at radius 1 is 0.821 bits per heavy atom. The summed E-state index contributed by atoms with van der Waals surface area (Å²) >= 11 is 0. The van der Waals surface area contributed by atoms with Gasteiger partial charge in [0.2, 0.25) is 0 Å². The molecule has 2 aliphatic heterocycles. The molecule has 2 saturated heterocycles. The van der Waals surface area contributed by atoms with E-state index >= 15 is 0 Å². The zero-order valence-corrected chi connectivity index (χ0v) is 15.5. The number of benzene rings is 2. The molecule has 2 N–H and O–H groups in total. The highest BCUT2D eigenvalue weighted by Crippen LogP contribution is 2.41.